The molecule has 1 fully saturated rings. The van der Waals surface area contributed by atoms with Crippen LogP contribution in [0.4, 0.5) is 0 Å². The molecule has 0 radical (unpaired) electrons. The molecule has 1 aliphatic rings. The van der Waals surface area contributed by atoms with E-state index in [0.29, 0.717) is 18.2 Å². The van der Waals surface area contributed by atoms with Crippen LogP contribution in [0.3, 0.4) is 0 Å². The van der Waals surface area contributed by atoms with Crippen LogP contribution >= 0.6 is 23.7 Å². The van der Waals surface area contributed by atoms with Crippen molar-refractivity contribution in [2.45, 2.75) is 26.4 Å². The van der Waals surface area contributed by atoms with Crippen molar-refractivity contribution in [2.24, 2.45) is 11.7 Å². The summed E-state index contributed by atoms with van der Waals surface area (Å²) in [6, 6.07) is 7.82. The Balaban J connectivity index is 0.00000225. The van der Waals surface area contributed by atoms with Gasteiger partial charge in [0.2, 0.25) is 0 Å². The lowest BCUT2D eigenvalue weighted by atomic mass is 10.1. The number of rotatable bonds is 5. The van der Waals surface area contributed by atoms with Crippen LogP contribution in [-0.2, 0) is 0 Å². The second kappa shape index (κ2) is 8.65. The molecule has 2 heterocycles. The van der Waals surface area contributed by atoms with Gasteiger partial charge < -0.3 is 15.4 Å². The summed E-state index contributed by atoms with van der Waals surface area (Å²) in [5.74, 6) is 1.26. The average molecular weight is 382 g/mol. The molecule has 1 amide bonds. The zero-order valence-electron chi connectivity index (χ0n) is 14.5. The molecule has 0 aliphatic carbocycles. The fourth-order valence-corrected chi connectivity index (χ4v) is 3.62. The predicted octanol–water partition coefficient (Wildman–Crippen LogP) is 3.44. The van der Waals surface area contributed by atoms with Gasteiger partial charge in [0, 0.05) is 24.0 Å². The van der Waals surface area contributed by atoms with Crippen LogP contribution in [0.15, 0.2) is 29.6 Å². The number of aromatic nitrogens is 1. The summed E-state index contributed by atoms with van der Waals surface area (Å²) in [5, 5.41) is 2.69. The summed E-state index contributed by atoms with van der Waals surface area (Å²) in [4.78, 5) is 18.9. The number of ether oxygens (including phenoxy) is 1. The maximum absolute atomic E-state index is 12.5. The highest BCUT2D eigenvalue weighted by atomic mass is 35.5. The maximum atomic E-state index is 12.5. The second-order valence-electron chi connectivity index (χ2n) is 6.37. The van der Waals surface area contributed by atoms with E-state index in [-0.39, 0.29) is 24.4 Å². The first-order chi connectivity index (χ1) is 11.6. The Morgan fingerprint density at radius 1 is 1.40 bits per heavy atom. The quantitative estimate of drug-likeness (QED) is 0.861. The number of nitrogens with two attached hydrogens (primary N) is 1. The summed E-state index contributed by atoms with van der Waals surface area (Å²) in [5.41, 5.74) is 7.22. The third-order valence-corrected chi connectivity index (χ3v) is 4.99. The Morgan fingerprint density at radius 3 is 2.72 bits per heavy atom. The topological polar surface area (TPSA) is 68.5 Å². The maximum Gasteiger partial charge on any atom is 0.273 e. The predicted molar refractivity (Wildman–Crippen MR) is 104 cm³/mol. The Kier molecular flexibility index (Phi) is 6.81. The lowest BCUT2D eigenvalue weighted by molar-refractivity contribution is 0.0782. The number of nitrogens with zero attached hydrogens (tertiary/aromatic N) is 2. The van der Waals surface area contributed by atoms with Crippen LogP contribution in [0.2, 0.25) is 0 Å². The molecule has 2 aromatic rings. The minimum atomic E-state index is 0. The first-order valence-electron chi connectivity index (χ1n) is 8.28. The Bertz CT molecular complexity index is 703. The van der Waals surface area contributed by atoms with Crippen molar-refractivity contribution in [3.8, 4) is 16.3 Å². The minimum Gasteiger partial charge on any atom is -0.491 e. The molecule has 3 rings (SSSR count). The van der Waals surface area contributed by atoms with Gasteiger partial charge >= 0.3 is 0 Å². The molecule has 5 nitrogen and oxygen atoms in total. The first kappa shape index (κ1) is 19.7. The molecule has 1 aromatic heterocycles. The molecule has 0 bridgehead atoms. The van der Waals surface area contributed by atoms with Crippen LogP contribution < -0.4 is 10.5 Å². The summed E-state index contributed by atoms with van der Waals surface area (Å²) in [6.07, 6.45) is 1.13. The van der Waals surface area contributed by atoms with Crippen molar-refractivity contribution in [1.29, 1.82) is 0 Å². The first-order valence-corrected chi connectivity index (χ1v) is 9.16. The fourth-order valence-electron chi connectivity index (χ4n) is 2.82. The third kappa shape index (κ3) is 4.71. The smallest absolute Gasteiger partial charge is 0.273 e. The van der Waals surface area contributed by atoms with Gasteiger partial charge in [-0.1, -0.05) is 0 Å². The number of carbonyl (C=O) groups is 1. The molecule has 1 aromatic carbocycles. The van der Waals surface area contributed by atoms with Gasteiger partial charge in [0.1, 0.15) is 16.5 Å². The van der Waals surface area contributed by atoms with E-state index in [1.807, 2.05) is 48.4 Å². The third-order valence-electron chi connectivity index (χ3n) is 4.10. The SMILES string of the molecule is CC(C)Oc1ccc(-c2nc(C(=O)N3CCC(CN)C3)cs2)cc1.Cl. The highest BCUT2D eigenvalue weighted by Crippen LogP contribution is 2.27. The van der Waals surface area contributed by atoms with Crippen molar-refractivity contribution >= 4 is 29.7 Å². The highest BCUT2D eigenvalue weighted by molar-refractivity contribution is 7.13. The number of thiazole rings is 1. The van der Waals surface area contributed by atoms with Gasteiger partial charge in [0.15, 0.2) is 0 Å². The normalized spacial score (nSPS) is 16.8. The number of likely N-dealkylation sites (tertiary alicyclic amines) is 1. The van der Waals surface area contributed by atoms with Crippen LogP contribution in [0.25, 0.3) is 10.6 Å². The van der Waals surface area contributed by atoms with Crippen molar-refractivity contribution < 1.29 is 9.53 Å². The zero-order chi connectivity index (χ0) is 17.1. The summed E-state index contributed by atoms with van der Waals surface area (Å²) < 4.78 is 5.65. The van der Waals surface area contributed by atoms with Gasteiger partial charge in [-0.25, -0.2) is 4.98 Å². The standard InChI is InChI=1S/C18H23N3O2S.ClH/c1-12(2)23-15-5-3-14(4-6-15)17-20-16(11-24-17)18(22)21-8-7-13(9-19)10-21;/h3-6,11-13H,7-10,19H2,1-2H3;1H. The number of carbonyl (C=O) groups excluding carboxylic acids is 1. The summed E-state index contributed by atoms with van der Waals surface area (Å²) in [6.45, 7) is 6.15. The van der Waals surface area contributed by atoms with Crippen LogP contribution in [0.1, 0.15) is 30.8 Å². The molecule has 1 saturated heterocycles. The van der Waals surface area contributed by atoms with E-state index in [0.717, 1.165) is 35.8 Å². The minimum absolute atomic E-state index is 0. The van der Waals surface area contributed by atoms with Gasteiger partial charge in [0.05, 0.1) is 6.10 Å². The number of hydrogen-bond acceptors (Lipinski definition) is 5. The van der Waals surface area contributed by atoms with Crippen LogP contribution in [0, 0.1) is 5.92 Å². The summed E-state index contributed by atoms with van der Waals surface area (Å²) in [7, 11) is 0. The van der Waals surface area contributed by atoms with Gasteiger partial charge in [-0.05, 0) is 57.0 Å². The van der Waals surface area contributed by atoms with Gasteiger partial charge in [-0.3, -0.25) is 4.79 Å². The van der Waals surface area contributed by atoms with Gasteiger partial charge in [0.25, 0.3) is 5.91 Å². The van der Waals surface area contributed by atoms with Crippen molar-refractivity contribution in [3.63, 3.8) is 0 Å². The van der Waals surface area contributed by atoms with Crippen molar-refractivity contribution in [3.05, 3.63) is 35.3 Å². The van der Waals surface area contributed by atoms with Gasteiger partial charge in [-0.15, -0.1) is 23.7 Å². The van der Waals surface area contributed by atoms with E-state index in [4.69, 9.17) is 10.5 Å². The van der Waals surface area contributed by atoms with E-state index in [1.54, 1.807) is 0 Å². The van der Waals surface area contributed by atoms with E-state index in [2.05, 4.69) is 4.98 Å². The Labute approximate surface area is 158 Å². The number of hydrogen-bond donors (Lipinski definition) is 1. The van der Waals surface area contributed by atoms with Crippen LogP contribution in [0.5, 0.6) is 5.75 Å². The van der Waals surface area contributed by atoms with Crippen LogP contribution in [-0.4, -0.2) is 41.5 Å². The molecule has 136 valence electrons. The molecule has 2 N–H and O–H groups in total. The molecule has 1 atom stereocenters. The second-order valence-corrected chi connectivity index (χ2v) is 7.23. The average Bonchev–Trinajstić information content (AvgIpc) is 3.24. The van der Waals surface area contributed by atoms with Gasteiger partial charge in [-0.2, -0.15) is 0 Å². The molecule has 7 heteroatoms. The largest absolute Gasteiger partial charge is 0.491 e. The van der Waals surface area contributed by atoms with E-state index < -0.39 is 0 Å². The molecule has 0 spiro atoms. The molecular formula is C18H24ClN3O2S. The Hall–Kier alpha value is -1.63. The summed E-state index contributed by atoms with van der Waals surface area (Å²) >= 11 is 1.49. The Morgan fingerprint density at radius 2 is 2.12 bits per heavy atom. The molecule has 0 saturated carbocycles. The van der Waals surface area contributed by atoms with E-state index >= 15 is 0 Å². The monoisotopic (exact) mass is 381 g/mol. The van der Waals surface area contributed by atoms with Crippen molar-refractivity contribution in [2.75, 3.05) is 19.6 Å². The molecule has 25 heavy (non-hydrogen) atoms. The lowest BCUT2D eigenvalue weighted by Gasteiger charge is -2.14. The van der Waals surface area contributed by atoms with E-state index in [9.17, 15) is 4.79 Å². The fraction of sp³-hybridized carbons (Fsp3) is 0.444. The molecule has 1 aliphatic heterocycles. The lowest BCUT2D eigenvalue weighted by Crippen LogP contribution is -2.30. The zero-order valence-corrected chi connectivity index (χ0v) is 16.1. The molecule has 1 unspecified atom stereocenters. The number of amides is 1. The van der Waals surface area contributed by atoms with Crippen molar-refractivity contribution in [1.82, 2.24) is 9.88 Å². The number of halogens is 1. The highest BCUT2D eigenvalue weighted by Gasteiger charge is 2.27. The van der Waals surface area contributed by atoms with E-state index in [1.165, 1.54) is 11.3 Å². The number of benzene rings is 1. The molecular weight excluding hydrogens is 358 g/mol.